The van der Waals surface area contributed by atoms with E-state index < -0.39 is 0 Å². The number of thioether (sulfide) groups is 1. The molecular formula is C22H27N5O2S2. The predicted octanol–water partition coefficient (Wildman–Crippen LogP) is 2.75. The van der Waals surface area contributed by atoms with Gasteiger partial charge in [-0.1, -0.05) is 37.0 Å². The van der Waals surface area contributed by atoms with Crippen molar-refractivity contribution in [1.29, 1.82) is 0 Å². The summed E-state index contributed by atoms with van der Waals surface area (Å²) in [6, 6.07) is 3.84. The van der Waals surface area contributed by atoms with Gasteiger partial charge >= 0.3 is 0 Å². The number of aromatic nitrogens is 2. The van der Waals surface area contributed by atoms with Crippen LogP contribution < -0.4 is 10.5 Å². The highest BCUT2D eigenvalue weighted by atomic mass is 32.2. The minimum absolute atomic E-state index is 0.0222. The van der Waals surface area contributed by atoms with E-state index in [4.69, 9.17) is 17.2 Å². The number of fused-ring (bicyclic) bond motifs is 1. The summed E-state index contributed by atoms with van der Waals surface area (Å²) in [5.41, 5.74) is 1.85. The van der Waals surface area contributed by atoms with E-state index in [1.54, 1.807) is 21.6 Å². The molecule has 0 spiro atoms. The van der Waals surface area contributed by atoms with Crippen LogP contribution in [0.4, 0.5) is 5.82 Å². The Hall–Kier alpha value is -2.23. The van der Waals surface area contributed by atoms with Gasteiger partial charge < -0.3 is 9.80 Å². The third kappa shape index (κ3) is 4.14. The van der Waals surface area contributed by atoms with Crippen LogP contribution in [0.3, 0.4) is 0 Å². The summed E-state index contributed by atoms with van der Waals surface area (Å²) in [4.78, 5) is 38.0. The lowest BCUT2D eigenvalue weighted by Crippen LogP contribution is -2.45. The number of amides is 1. The average molecular weight is 458 g/mol. The van der Waals surface area contributed by atoms with Crippen molar-refractivity contribution in [3.8, 4) is 0 Å². The van der Waals surface area contributed by atoms with E-state index in [0.29, 0.717) is 26.3 Å². The summed E-state index contributed by atoms with van der Waals surface area (Å²) in [6.45, 7) is 9.30. The summed E-state index contributed by atoms with van der Waals surface area (Å²) in [5.74, 6) is 0.498. The van der Waals surface area contributed by atoms with Gasteiger partial charge in [-0.3, -0.25) is 18.9 Å². The van der Waals surface area contributed by atoms with Gasteiger partial charge in [-0.05, 0) is 45.0 Å². The molecule has 2 aliphatic heterocycles. The van der Waals surface area contributed by atoms with Gasteiger partial charge in [-0.25, -0.2) is 4.98 Å². The lowest BCUT2D eigenvalue weighted by Gasteiger charge is -2.34. The fourth-order valence-electron chi connectivity index (χ4n) is 3.81. The van der Waals surface area contributed by atoms with Gasteiger partial charge in [0.2, 0.25) is 0 Å². The fraction of sp³-hybridized carbons (Fsp3) is 0.455. The Labute approximate surface area is 191 Å². The van der Waals surface area contributed by atoms with Crippen molar-refractivity contribution in [2.75, 3.05) is 38.1 Å². The van der Waals surface area contributed by atoms with Crippen LogP contribution in [0.2, 0.25) is 0 Å². The Kier molecular flexibility index (Phi) is 6.18. The summed E-state index contributed by atoms with van der Waals surface area (Å²) < 4.78 is 2.10. The molecule has 0 unspecified atom stereocenters. The number of thiocarbonyl (C=S) groups is 1. The average Bonchev–Trinajstić information content (AvgIpc) is 3.03. The quantitative estimate of drug-likeness (QED) is 0.517. The van der Waals surface area contributed by atoms with Gasteiger partial charge in [-0.2, -0.15) is 0 Å². The molecule has 2 aromatic rings. The Morgan fingerprint density at radius 2 is 1.94 bits per heavy atom. The van der Waals surface area contributed by atoms with E-state index >= 15 is 0 Å². The molecular weight excluding hydrogens is 430 g/mol. The molecule has 2 aromatic heterocycles. The van der Waals surface area contributed by atoms with Gasteiger partial charge in [0.05, 0.1) is 10.5 Å². The molecule has 7 nitrogen and oxygen atoms in total. The van der Waals surface area contributed by atoms with Crippen LogP contribution in [-0.2, 0) is 4.79 Å². The van der Waals surface area contributed by atoms with Crippen LogP contribution >= 0.6 is 24.0 Å². The van der Waals surface area contributed by atoms with Gasteiger partial charge in [-0.15, -0.1) is 0 Å². The molecule has 0 aliphatic carbocycles. The summed E-state index contributed by atoms with van der Waals surface area (Å²) >= 11 is 6.72. The van der Waals surface area contributed by atoms with Crippen molar-refractivity contribution < 1.29 is 4.79 Å². The Balaban J connectivity index is 1.86. The maximum absolute atomic E-state index is 13.5. The molecule has 1 atom stereocenters. The number of carbonyl (C=O) groups excluding carboxylic acids is 1. The van der Waals surface area contributed by atoms with E-state index in [2.05, 4.69) is 16.8 Å². The second kappa shape index (κ2) is 8.72. The van der Waals surface area contributed by atoms with E-state index in [1.165, 1.54) is 11.8 Å². The van der Waals surface area contributed by atoms with Gasteiger partial charge in [0.25, 0.3) is 11.5 Å². The zero-order valence-electron chi connectivity index (χ0n) is 18.3. The Bertz CT molecular complexity index is 1130. The first kappa shape index (κ1) is 22.0. The number of nitrogens with zero attached hydrogens (tertiary/aromatic N) is 5. The molecule has 2 saturated heterocycles. The molecule has 0 aromatic carbocycles. The minimum Gasteiger partial charge on any atom is -0.353 e. The SMILES string of the molecule is CC[C@@H](C)N1C(=O)/C(=C/c2c(N3CCN(C)CC3)nc3ccc(C)cn3c2=O)SC1=S. The highest BCUT2D eigenvalue weighted by Gasteiger charge is 2.35. The maximum Gasteiger partial charge on any atom is 0.267 e. The van der Waals surface area contributed by atoms with Crippen LogP contribution in [0.15, 0.2) is 28.0 Å². The zero-order chi connectivity index (χ0) is 22.3. The van der Waals surface area contributed by atoms with Crippen LogP contribution in [0.25, 0.3) is 11.7 Å². The first-order valence-corrected chi connectivity index (χ1v) is 11.8. The monoisotopic (exact) mass is 457 g/mol. The largest absolute Gasteiger partial charge is 0.353 e. The maximum atomic E-state index is 13.5. The number of hydrogen-bond acceptors (Lipinski definition) is 7. The molecule has 9 heteroatoms. The molecule has 0 N–H and O–H groups in total. The van der Waals surface area contributed by atoms with E-state index in [0.717, 1.165) is 38.2 Å². The standard InChI is InChI=1S/C22H27N5O2S2/c1-5-15(3)27-21(29)17(31-22(27)30)12-16-19(25-10-8-24(4)9-11-25)23-18-7-6-14(2)13-26(18)20(16)28/h6-7,12-13,15H,5,8-11H2,1-4H3/b17-12-/t15-/m1/s1. The van der Waals surface area contributed by atoms with Crippen molar-refractivity contribution >= 4 is 51.7 Å². The van der Waals surface area contributed by atoms with E-state index in [9.17, 15) is 9.59 Å². The molecule has 31 heavy (non-hydrogen) atoms. The number of piperazine rings is 1. The number of likely N-dealkylation sites (N-methyl/N-ethyl adjacent to an activating group) is 1. The topological polar surface area (TPSA) is 61.2 Å². The van der Waals surface area contributed by atoms with Crippen LogP contribution in [-0.4, -0.2) is 68.7 Å². The Morgan fingerprint density at radius 3 is 2.61 bits per heavy atom. The third-order valence-electron chi connectivity index (χ3n) is 5.92. The van der Waals surface area contributed by atoms with Crippen molar-refractivity contribution in [3.63, 3.8) is 0 Å². The van der Waals surface area contributed by atoms with Crippen molar-refractivity contribution in [3.05, 3.63) is 44.7 Å². The van der Waals surface area contributed by atoms with E-state index in [1.807, 2.05) is 32.9 Å². The summed E-state index contributed by atoms with van der Waals surface area (Å²) in [7, 11) is 2.09. The molecule has 0 radical (unpaired) electrons. The molecule has 164 valence electrons. The third-order valence-corrected chi connectivity index (χ3v) is 7.25. The number of aryl methyl sites for hydroxylation is 1. The van der Waals surface area contributed by atoms with Gasteiger partial charge in [0, 0.05) is 38.4 Å². The number of carbonyl (C=O) groups is 1. The zero-order valence-corrected chi connectivity index (χ0v) is 19.9. The molecule has 1 amide bonds. The van der Waals surface area contributed by atoms with Crippen LogP contribution in [0, 0.1) is 6.92 Å². The van der Waals surface area contributed by atoms with Crippen molar-refractivity contribution in [1.82, 2.24) is 19.2 Å². The number of rotatable bonds is 4. The Morgan fingerprint density at radius 1 is 1.23 bits per heavy atom. The molecule has 4 rings (SSSR count). The highest BCUT2D eigenvalue weighted by molar-refractivity contribution is 8.26. The van der Waals surface area contributed by atoms with E-state index in [-0.39, 0.29) is 17.5 Å². The lowest BCUT2D eigenvalue weighted by molar-refractivity contribution is -0.123. The summed E-state index contributed by atoms with van der Waals surface area (Å²) in [6.07, 6.45) is 4.30. The van der Waals surface area contributed by atoms with Gasteiger partial charge in [0.1, 0.15) is 15.8 Å². The van der Waals surface area contributed by atoms with Crippen LogP contribution in [0.5, 0.6) is 0 Å². The van der Waals surface area contributed by atoms with Crippen LogP contribution in [0.1, 0.15) is 31.4 Å². The molecule has 4 heterocycles. The number of hydrogen-bond donors (Lipinski definition) is 0. The first-order valence-electron chi connectivity index (χ1n) is 10.5. The van der Waals surface area contributed by atoms with Crippen molar-refractivity contribution in [2.24, 2.45) is 0 Å². The minimum atomic E-state index is -0.170. The molecule has 0 bridgehead atoms. The second-order valence-corrected chi connectivity index (χ2v) is 9.86. The normalized spacial score (nSPS) is 20.3. The predicted molar refractivity (Wildman–Crippen MR) is 131 cm³/mol. The highest BCUT2D eigenvalue weighted by Crippen LogP contribution is 2.35. The summed E-state index contributed by atoms with van der Waals surface area (Å²) in [5, 5.41) is 0. The molecule has 2 fully saturated rings. The number of pyridine rings is 1. The number of anilines is 1. The van der Waals surface area contributed by atoms with Gasteiger partial charge in [0.15, 0.2) is 0 Å². The second-order valence-electron chi connectivity index (χ2n) is 8.19. The molecule has 2 aliphatic rings. The fourth-order valence-corrected chi connectivity index (χ4v) is 5.25. The van der Waals surface area contributed by atoms with Crippen molar-refractivity contribution in [2.45, 2.75) is 33.2 Å². The molecule has 0 saturated carbocycles. The smallest absolute Gasteiger partial charge is 0.267 e. The first-order chi connectivity index (χ1) is 14.8. The lowest BCUT2D eigenvalue weighted by atomic mass is 10.2.